The SMILES string of the molecule is N#Cc1ccc(OCC(=O)N2CCN(Cc3cccc4cccnc34)CC2)cc1. The van der Waals surface area contributed by atoms with Gasteiger partial charge in [0, 0.05) is 44.3 Å². The molecule has 1 aliphatic rings. The number of fused-ring (bicyclic) bond motifs is 1. The molecule has 6 heteroatoms. The topological polar surface area (TPSA) is 69.5 Å². The summed E-state index contributed by atoms with van der Waals surface area (Å²) < 4.78 is 5.57. The molecule has 2 aromatic carbocycles. The molecule has 146 valence electrons. The van der Waals surface area contributed by atoms with Gasteiger partial charge in [-0.25, -0.2) is 0 Å². The van der Waals surface area contributed by atoms with Crippen LogP contribution < -0.4 is 4.74 Å². The van der Waals surface area contributed by atoms with Gasteiger partial charge >= 0.3 is 0 Å². The van der Waals surface area contributed by atoms with Crippen LogP contribution in [-0.2, 0) is 11.3 Å². The van der Waals surface area contributed by atoms with Crippen LogP contribution >= 0.6 is 0 Å². The van der Waals surface area contributed by atoms with Gasteiger partial charge in [0.15, 0.2) is 6.61 Å². The molecule has 3 aromatic rings. The van der Waals surface area contributed by atoms with Gasteiger partial charge in [-0.3, -0.25) is 14.7 Å². The number of amides is 1. The fourth-order valence-electron chi connectivity index (χ4n) is 3.55. The van der Waals surface area contributed by atoms with Gasteiger partial charge in [-0.05, 0) is 35.9 Å². The second-order valence-corrected chi connectivity index (χ2v) is 7.07. The third-order valence-corrected chi connectivity index (χ3v) is 5.18. The number of nitriles is 1. The molecule has 0 saturated carbocycles. The van der Waals surface area contributed by atoms with Crippen LogP contribution in [0, 0.1) is 11.3 Å². The number of ether oxygens (including phenoxy) is 1. The van der Waals surface area contributed by atoms with E-state index < -0.39 is 0 Å². The fourth-order valence-corrected chi connectivity index (χ4v) is 3.55. The molecular weight excluding hydrogens is 364 g/mol. The minimum atomic E-state index is -0.0131. The Bertz CT molecular complexity index is 1030. The summed E-state index contributed by atoms with van der Waals surface area (Å²) in [6, 6.07) is 19.2. The van der Waals surface area contributed by atoms with Crippen LogP contribution in [0.25, 0.3) is 10.9 Å². The first kappa shape index (κ1) is 18.9. The predicted molar refractivity (Wildman–Crippen MR) is 110 cm³/mol. The smallest absolute Gasteiger partial charge is 0.260 e. The highest BCUT2D eigenvalue weighted by atomic mass is 16.5. The zero-order valence-corrected chi connectivity index (χ0v) is 16.1. The van der Waals surface area contributed by atoms with Crippen molar-refractivity contribution < 1.29 is 9.53 Å². The Morgan fingerprint density at radius 2 is 1.79 bits per heavy atom. The molecule has 1 aliphatic heterocycles. The van der Waals surface area contributed by atoms with E-state index in [-0.39, 0.29) is 12.5 Å². The normalized spacial score (nSPS) is 14.5. The lowest BCUT2D eigenvalue weighted by Gasteiger charge is -2.34. The zero-order valence-electron chi connectivity index (χ0n) is 16.1. The molecule has 1 fully saturated rings. The average Bonchev–Trinajstić information content (AvgIpc) is 2.78. The first-order valence-corrected chi connectivity index (χ1v) is 9.68. The number of para-hydroxylation sites is 1. The van der Waals surface area contributed by atoms with E-state index in [1.165, 1.54) is 5.56 Å². The number of benzene rings is 2. The van der Waals surface area contributed by atoms with Crippen molar-refractivity contribution in [3.63, 3.8) is 0 Å². The number of nitrogens with zero attached hydrogens (tertiary/aromatic N) is 4. The van der Waals surface area contributed by atoms with Crippen molar-refractivity contribution >= 4 is 16.8 Å². The van der Waals surface area contributed by atoms with Crippen LogP contribution in [0.2, 0.25) is 0 Å². The number of carbonyl (C=O) groups is 1. The van der Waals surface area contributed by atoms with E-state index >= 15 is 0 Å². The minimum Gasteiger partial charge on any atom is -0.484 e. The summed E-state index contributed by atoms with van der Waals surface area (Å²) in [5.41, 5.74) is 2.83. The van der Waals surface area contributed by atoms with Crippen molar-refractivity contribution in [3.8, 4) is 11.8 Å². The first-order chi connectivity index (χ1) is 14.2. The van der Waals surface area contributed by atoms with Crippen molar-refractivity contribution in [2.24, 2.45) is 0 Å². The summed E-state index contributed by atoms with van der Waals surface area (Å²) in [5.74, 6) is 0.584. The Hall–Kier alpha value is -3.43. The fraction of sp³-hybridized carbons (Fsp3) is 0.261. The molecule has 1 saturated heterocycles. The Morgan fingerprint density at radius 3 is 2.55 bits per heavy atom. The maximum atomic E-state index is 12.5. The third kappa shape index (κ3) is 4.53. The Labute approximate surface area is 169 Å². The Kier molecular flexibility index (Phi) is 5.68. The second-order valence-electron chi connectivity index (χ2n) is 7.07. The number of rotatable bonds is 5. The minimum absolute atomic E-state index is 0.0130. The van der Waals surface area contributed by atoms with E-state index in [1.807, 2.05) is 17.2 Å². The van der Waals surface area contributed by atoms with Gasteiger partial charge in [0.05, 0.1) is 17.1 Å². The molecule has 0 radical (unpaired) electrons. The van der Waals surface area contributed by atoms with E-state index in [0.717, 1.165) is 30.5 Å². The molecule has 0 bridgehead atoms. The van der Waals surface area contributed by atoms with E-state index in [0.29, 0.717) is 24.4 Å². The van der Waals surface area contributed by atoms with Crippen LogP contribution in [0.1, 0.15) is 11.1 Å². The Balaban J connectivity index is 1.28. The number of carbonyl (C=O) groups excluding carboxylic acids is 1. The van der Waals surface area contributed by atoms with Gasteiger partial charge in [0.25, 0.3) is 5.91 Å². The van der Waals surface area contributed by atoms with Crippen molar-refractivity contribution in [3.05, 3.63) is 71.9 Å². The second kappa shape index (κ2) is 8.72. The highest BCUT2D eigenvalue weighted by Gasteiger charge is 2.22. The quantitative estimate of drug-likeness (QED) is 0.674. The van der Waals surface area contributed by atoms with Crippen molar-refractivity contribution in [2.75, 3.05) is 32.8 Å². The van der Waals surface area contributed by atoms with Crippen LogP contribution in [0.3, 0.4) is 0 Å². The highest BCUT2D eigenvalue weighted by molar-refractivity contribution is 5.81. The number of aromatic nitrogens is 1. The molecule has 0 unspecified atom stereocenters. The summed E-state index contributed by atoms with van der Waals surface area (Å²) in [5, 5.41) is 9.98. The van der Waals surface area contributed by atoms with Crippen LogP contribution in [0.15, 0.2) is 60.8 Å². The van der Waals surface area contributed by atoms with Crippen LogP contribution in [0.4, 0.5) is 0 Å². The third-order valence-electron chi connectivity index (χ3n) is 5.18. The summed E-state index contributed by atoms with van der Waals surface area (Å²) in [6.07, 6.45) is 1.83. The summed E-state index contributed by atoms with van der Waals surface area (Å²) in [4.78, 5) is 21.2. The molecule has 4 rings (SSSR count). The van der Waals surface area contributed by atoms with Crippen molar-refractivity contribution in [1.29, 1.82) is 5.26 Å². The molecule has 29 heavy (non-hydrogen) atoms. The number of pyridine rings is 1. The highest BCUT2D eigenvalue weighted by Crippen LogP contribution is 2.18. The van der Waals surface area contributed by atoms with Crippen molar-refractivity contribution in [2.45, 2.75) is 6.54 Å². The molecule has 1 aromatic heterocycles. The zero-order chi connectivity index (χ0) is 20.1. The lowest BCUT2D eigenvalue weighted by Crippen LogP contribution is -2.49. The average molecular weight is 386 g/mol. The summed E-state index contributed by atoms with van der Waals surface area (Å²) in [6.45, 7) is 3.87. The number of piperazine rings is 1. The lowest BCUT2D eigenvalue weighted by molar-refractivity contribution is -0.135. The Morgan fingerprint density at radius 1 is 1.03 bits per heavy atom. The molecule has 6 nitrogen and oxygen atoms in total. The largest absolute Gasteiger partial charge is 0.484 e. The maximum Gasteiger partial charge on any atom is 0.260 e. The molecule has 1 amide bonds. The molecular formula is C23H22N4O2. The molecule has 0 aliphatic carbocycles. The molecule has 2 heterocycles. The van der Waals surface area contributed by atoms with Crippen molar-refractivity contribution in [1.82, 2.24) is 14.8 Å². The van der Waals surface area contributed by atoms with Gasteiger partial charge in [0.2, 0.25) is 0 Å². The molecule has 0 spiro atoms. The predicted octanol–water partition coefficient (Wildman–Crippen LogP) is 2.83. The molecule has 0 N–H and O–H groups in total. The van der Waals surface area contributed by atoms with Gasteiger partial charge in [0.1, 0.15) is 5.75 Å². The van der Waals surface area contributed by atoms with Gasteiger partial charge in [-0.1, -0.05) is 24.3 Å². The van der Waals surface area contributed by atoms with E-state index in [1.54, 1.807) is 24.3 Å². The molecule has 0 atom stereocenters. The van der Waals surface area contributed by atoms with Gasteiger partial charge in [-0.2, -0.15) is 5.26 Å². The summed E-state index contributed by atoms with van der Waals surface area (Å²) >= 11 is 0. The monoisotopic (exact) mass is 386 g/mol. The van der Waals surface area contributed by atoms with E-state index in [4.69, 9.17) is 10.00 Å². The first-order valence-electron chi connectivity index (χ1n) is 9.68. The standard InChI is InChI=1S/C23H22N4O2/c24-15-18-6-8-21(9-7-18)29-17-22(28)27-13-11-26(12-14-27)16-20-4-1-3-19-5-2-10-25-23(19)20/h1-10H,11-14,16-17H2. The van der Waals surface area contributed by atoms with E-state index in [9.17, 15) is 4.79 Å². The maximum absolute atomic E-state index is 12.5. The van der Waals surface area contributed by atoms with Gasteiger partial charge in [-0.15, -0.1) is 0 Å². The van der Waals surface area contributed by atoms with Crippen LogP contribution in [-0.4, -0.2) is 53.5 Å². The number of hydrogen-bond donors (Lipinski definition) is 0. The summed E-state index contributed by atoms with van der Waals surface area (Å²) in [7, 11) is 0. The lowest BCUT2D eigenvalue weighted by atomic mass is 10.1. The van der Waals surface area contributed by atoms with Crippen LogP contribution in [0.5, 0.6) is 5.75 Å². The van der Waals surface area contributed by atoms with Gasteiger partial charge < -0.3 is 9.64 Å². The number of hydrogen-bond acceptors (Lipinski definition) is 5. The van der Waals surface area contributed by atoms with E-state index in [2.05, 4.69) is 40.2 Å².